The molecule has 1 amide bonds. The molecule has 2 rings (SSSR count). The Morgan fingerprint density at radius 2 is 0.771 bits per heavy atom. The largest absolute Gasteiger partial charge is 0.394 e. The Labute approximate surface area is 506 Å². The molecule has 12 unspecified atom stereocenters. The number of unbranched alkanes of at least 4 members (excludes halogenated alkanes) is 40. The molecular weight excluding hydrogens is 1050 g/mol. The van der Waals surface area contributed by atoms with Gasteiger partial charge in [-0.15, -0.1) is 0 Å². The van der Waals surface area contributed by atoms with Crippen molar-refractivity contribution in [3.05, 3.63) is 36.5 Å². The summed E-state index contributed by atoms with van der Waals surface area (Å²) in [7, 11) is 0. The second-order valence-electron chi connectivity index (χ2n) is 24.6. The Kier molecular flexibility index (Phi) is 50.6. The maximum absolute atomic E-state index is 13.3. The number of carbonyl (C=O) groups is 1. The van der Waals surface area contributed by atoms with Gasteiger partial charge in [0.1, 0.15) is 48.8 Å². The fourth-order valence-corrected chi connectivity index (χ4v) is 11.5. The topological polar surface area (TPSA) is 228 Å². The molecular formula is C69H129NO13. The van der Waals surface area contributed by atoms with Crippen LogP contribution in [0.25, 0.3) is 0 Å². The SMILES string of the molecule is CCCC/C=C/CC/C=C/CC/C=C/C(O)C(COC1OC(CO)C(OC2OC(CO)C(O)C(O)C2O)C(O)C1O)NC(=O)CCCCCCCCCCCCCCCCCCCCCCCCCCCCCCCCCCCCCCC. The molecule has 2 saturated heterocycles. The number of aliphatic hydroxyl groups excluding tert-OH is 8. The number of aliphatic hydroxyl groups is 8. The summed E-state index contributed by atoms with van der Waals surface area (Å²) in [5.74, 6) is -0.250. The zero-order valence-electron chi connectivity index (χ0n) is 53.0. The van der Waals surface area contributed by atoms with Crippen LogP contribution in [-0.4, -0.2) is 140 Å². The molecule has 9 N–H and O–H groups in total. The number of nitrogens with one attached hydrogen (secondary N) is 1. The molecule has 83 heavy (non-hydrogen) atoms. The van der Waals surface area contributed by atoms with Gasteiger partial charge in [-0.25, -0.2) is 0 Å². The normalized spacial score (nSPS) is 24.0. The Hall–Kier alpha value is -1.79. The highest BCUT2D eigenvalue weighted by atomic mass is 16.7. The quantitative estimate of drug-likeness (QED) is 0.0204. The smallest absolute Gasteiger partial charge is 0.220 e. The van der Waals surface area contributed by atoms with E-state index in [-0.39, 0.29) is 18.9 Å². The standard InChI is InChI=1S/C69H129NO13/c1-3-5-7-9-11-13-15-17-18-19-20-21-22-23-24-25-26-27-28-29-30-31-32-33-34-35-36-37-38-39-40-41-43-45-47-49-51-53-61(74)70-57(58(73)52-50-48-46-44-42-16-14-12-10-8-6-4-2)56-80-68-66(79)64(77)67(60(55-72)82-68)83-69-65(78)63(76)62(75)59(54-71)81-69/h10,12,42,44,50,52,57-60,62-69,71-73,75-79H,3-9,11,13-41,43,45-49,51,53-56H2,1-2H3,(H,70,74)/b12-10+,44-42+,52-50+. The maximum Gasteiger partial charge on any atom is 0.220 e. The van der Waals surface area contributed by atoms with Crippen LogP contribution in [0.5, 0.6) is 0 Å². The van der Waals surface area contributed by atoms with E-state index in [1.807, 2.05) is 6.08 Å². The first kappa shape index (κ1) is 77.3. The summed E-state index contributed by atoms with van der Waals surface area (Å²) >= 11 is 0. The number of carbonyl (C=O) groups excluding carboxylic acids is 1. The van der Waals surface area contributed by atoms with Gasteiger partial charge in [-0.2, -0.15) is 0 Å². The molecule has 0 saturated carbocycles. The van der Waals surface area contributed by atoms with Crippen molar-refractivity contribution in [2.45, 2.75) is 376 Å². The van der Waals surface area contributed by atoms with Crippen LogP contribution < -0.4 is 5.32 Å². The lowest BCUT2D eigenvalue weighted by Gasteiger charge is -2.46. The van der Waals surface area contributed by atoms with Crippen molar-refractivity contribution in [2.75, 3.05) is 19.8 Å². The zero-order chi connectivity index (χ0) is 60.2. The Bertz CT molecular complexity index is 1530. The predicted octanol–water partition coefficient (Wildman–Crippen LogP) is 13.7. The van der Waals surface area contributed by atoms with E-state index in [9.17, 15) is 45.6 Å². The van der Waals surface area contributed by atoms with Gasteiger partial charge in [-0.05, 0) is 38.5 Å². The lowest BCUT2D eigenvalue weighted by atomic mass is 9.97. The lowest BCUT2D eigenvalue weighted by Crippen LogP contribution is -2.65. The first-order valence-corrected chi connectivity index (χ1v) is 34.7. The molecule has 0 aromatic rings. The molecule has 2 fully saturated rings. The molecule has 0 radical (unpaired) electrons. The van der Waals surface area contributed by atoms with Crippen LogP contribution >= 0.6 is 0 Å². The van der Waals surface area contributed by atoms with Crippen molar-refractivity contribution in [2.24, 2.45) is 0 Å². The monoisotopic (exact) mass is 1180 g/mol. The third kappa shape index (κ3) is 39.0. The molecule has 12 atom stereocenters. The summed E-state index contributed by atoms with van der Waals surface area (Å²) in [6.07, 6.45) is 52.5. The number of hydrogen-bond acceptors (Lipinski definition) is 13. The van der Waals surface area contributed by atoms with E-state index >= 15 is 0 Å². The molecule has 488 valence electrons. The molecule has 0 aliphatic carbocycles. The Morgan fingerprint density at radius 1 is 0.422 bits per heavy atom. The van der Waals surface area contributed by atoms with Crippen molar-refractivity contribution in [3.63, 3.8) is 0 Å². The van der Waals surface area contributed by atoms with Crippen LogP contribution in [0, 0.1) is 0 Å². The summed E-state index contributed by atoms with van der Waals surface area (Å²) in [5, 5.41) is 87.0. The highest BCUT2D eigenvalue weighted by Crippen LogP contribution is 2.30. The fourth-order valence-electron chi connectivity index (χ4n) is 11.5. The molecule has 2 aliphatic rings. The lowest BCUT2D eigenvalue weighted by molar-refractivity contribution is -0.359. The molecule has 14 nitrogen and oxygen atoms in total. The predicted molar refractivity (Wildman–Crippen MR) is 337 cm³/mol. The minimum Gasteiger partial charge on any atom is -0.394 e. The first-order valence-electron chi connectivity index (χ1n) is 34.7. The summed E-state index contributed by atoms with van der Waals surface area (Å²) in [5.41, 5.74) is 0. The second kappa shape index (κ2) is 54.4. The molecule has 0 bridgehead atoms. The highest BCUT2D eigenvalue weighted by Gasteiger charge is 2.51. The van der Waals surface area contributed by atoms with Crippen LogP contribution in [0.15, 0.2) is 36.5 Å². The van der Waals surface area contributed by atoms with Gasteiger partial charge in [-0.3, -0.25) is 4.79 Å². The van der Waals surface area contributed by atoms with Gasteiger partial charge in [0.15, 0.2) is 12.6 Å². The number of amides is 1. The van der Waals surface area contributed by atoms with Gasteiger partial charge >= 0.3 is 0 Å². The average Bonchev–Trinajstić information content (AvgIpc) is 3.58. The minimum atomic E-state index is -1.79. The maximum atomic E-state index is 13.3. The summed E-state index contributed by atoms with van der Waals surface area (Å²) in [4.78, 5) is 13.3. The average molecular weight is 1180 g/mol. The fraction of sp³-hybridized carbons (Fsp3) is 0.899. The van der Waals surface area contributed by atoms with Gasteiger partial charge < -0.3 is 65.1 Å². The van der Waals surface area contributed by atoms with E-state index in [4.69, 9.17) is 18.9 Å². The number of ether oxygens (including phenoxy) is 4. The summed E-state index contributed by atoms with van der Waals surface area (Å²) < 4.78 is 22.8. The highest BCUT2D eigenvalue weighted by molar-refractivity contribution is 5.76. The van der Waals surface area contributed by atoms with Crippen molar-refractivity contribution in [3.8, 4) is 0 Å². The number of allylic oxidation sites excluding steroid dienone is 5. The van der Waals surface area contributed by atoms with Crippen molar-refractivity contribution < 1.29 is 64.6 Å². The molecule has 0 spiro atoms. The van der Waals surface area contributed by atoms with Gasteiger partial charge in [0.05, 0.1) is 32.0 Å². The van der Waals surface area contributed by atoms with Gasteiger partial charge in [0.25, 0.3) is 0 Å². The van der Waals surface area contributed by atoms with E-state index in [0.717, 1.165) is 44.9 Å². The van der Waals surface area contributed by atoms with Crippen LogP contribution in [0.2, 0.25) is 0 Å². The molecule has 2 heterocycles. The molecule has 0 aromatic carbocycles. The van der Waals surface area contributed by atoms with Crippen LogP contribution in [0.1, 0.15) is 303 Å². The second-order valence-corrected chi connectivity index (χ2v) is 24.6. The van der Waals surface area contributed by atoms with Crippen LogP contribution in [-0.2, 0) is 23.7 Å². The van der Waals surface area contributed by atoms with E-state index in [0.29, 0.717) is 12.8 Å². The summed E-state index contributed by atoms with van der Waals surface area (Å²) in [6, 6.07) is -0.935. The zero-order valence-corrected chi connectivity index (χ0v) is 53.0. The van der Waals surface area contributed by atoms with E-state index < -0.39 is 86.8 Å². The number of rotatable bonds is 57. The molecule has 0 aromatic heterocycles. The minimum absolute atomic E-state index is 0.250. The molecule has 14 heteroatoms. The van der Waals surface area contributed by atoms with E-state index in [1.54, 1.807) is 6.08 Å². The van der Waals surface area contributed by atoms with Gasteiger partial charge in [-0.1, -0.05) is 294 Å². The van der Waals surface area contributed by atoms with Crippen LogP contribution in [0.3, 0.4) is 0 Å². The van der Waals surface area contributed by atoms with Crippen molar-refractivity contribution >= 4 is 5.91 Å². The van der Waals surface area contributed by atoms with E-state index in [1.165, 1.54) is 225 Å². The molecule has 2 aliphatic heterocycles. The van der Waals surface area contributed by atoms with Crippen LogP contribution in [0.4, 0.5) is 0 Å². The van der Waals surface area contributed by atoms with Gasteiger partial charge in [0, 0.05) is 6.42 Å². The first-order chi connectivity index (χ1) is 40.6. The van der Waals surface area contributed by atoms with Gasteiger partial charge in [0.2, 0.25) is 5.91 Å². The van der Waals surface area contributed by atoms with Crippen molar-refractivity contribution in [1.82, 2.24) is 5.32 Å². The summed E-state index contributed by atoms with van der Waals surface area (Å²) in [6.45, 7) is 2.75. The number of hydrogen-bond donors (Lipinski definition) is 9. The third-order valence-electron chi connectivity index (χ3n) is 17.1. The Balaban J connectivity index is 1.55. The van der Waals surface area contributed by atoms with Crippen molar-refractivity contribution in [1.29, 1.82) is 0 Å². The third-order valence-corrected chi connectivity index (χ3v) is 17.1. The van der Waals surface area contributed by atoms with E-state index in [2.05, 4.69) is 43.5 Å². The Morgan fingerprint density at radius 3 is 1.17 bits per heavy atom.